The molecule has 1 fully saturated rings. The molecule has 0 aliphatic heterocycles. The van der Waals surface area contributed by atoms with Gasteiger partial charge in [0, 0.05) is 0 Å². The Morgan fingerprint density at radius 2 is 1.88 bits per heavy atom. The van der Waals surface area contributed by atoms with E-state index in [1.54, 1.807) is 5.32 Å². The average Bonchev–Trinajstić information content (AvgIpc) is 2.25. The van der Waals surface area contributed by atoms with Gasteiger partial charge in [0.2, 0.25) is 5.91 Å². The van der Waals surface area contributed by atoms with E-state index in [2.05, 4.69) is 0 Å². The van der Waals surface area contributed by atoms with Crippen LogP contribution in [0, 0.1) is 16.7 Å². The molecule has 0 aromatic heterocycles. The van der Waals surface area contributed by atoms with Crippen molar-refractivity contribution in [2.24, 2.45) is 5.41 Å². The molecule has 0 unspecified atom stereocenters. The second-order valence-corrected chi connectivity index (χ2v) is 4.05. The number of carbonyl (C=O) groups is 1. The normalized spacial score (nSPS) is 19.9. The van der Waals surface area contributed by atoms with Gasteiger partial charge < -0.3 is 5.32 Å². The highest BCUT2D eigenvalue weighted by atomic mass is 19.4. The molecule has 0 aromatic rings. The quantitative estimate of drug-likeness (QED) is 0.795. The average molecular weight is 234 g/mol. The van der Waals surface area contributed by atoms with Crippen molar-refractivity contribution in [3.05, 3.63) is 0 Å². The van der Waals surface area contributed by atoms with Crippen LogP contribution in [0.2, 0.25) is 0 Å². The smallest absolute Gasteiger partial charge is 0.346 e. The van der Waals surface area contributed by atoms with Crippen molar-refractivity contribution < 1.29 is 18.0 Å². The van der Waals surface area contributed by atoms with E-state index >= 15 is 0 Å². The summed E-state index contributed by atoms with van der Waals surface area (Å²) in [7, 11) is 0. The SMILES string of the molecule is N#CC1(C(=O)NCC(F)(F)F)CCCCC1. The van der Waals surface area contributed by atoms with E-state index < -0.39 is 24.0 Å². The second kappa shape index (κ2) is 4.73. The van der Waals surface area contributed by atoms with Gasteiger partial charge in [-0.2, -0.15) is 18.4 Å². The van der Waals surface area contributed by atoms with E-state index in [1.807, 2.05) is 6.07 Å². The predicted octanol–water partition coefficient (Wildman–Crippen LogP) is 2.14. The number of nitriles is 1. The lowest BCUT2D eigenvalue weighted by Crippen LogP contribution is -2.44. The maximum absolute atomic E-state index is 11.9. The Labute approximate surface area is 91.6 Å². The third kappa shape index (κ3) is 3.12. The molecule has 1 aliphatic rings. The zero-order valence-electron chi connectivity index (χ0n) is 8.73. The molecule has 1 saturated carbocycles. The Morgan fingerprint density at radius 3 is 2.31 bits per heavy atom. The van der Waals surface area contributed by atoms with Gasteiger partial charge in [0.25, 0.3) is 0 Å². The van der Waals surface area contributed by atoms with Crippen molar-refractivity contribution in [1.82, 2.24) is 5.32 Å². The van der Waals surface area contributed by atoms with E-state index in [1.165, 1.54) is 0 Å². The lowest BCUT2D eigenvalue weighted by atomic mass is 9.74. The minimum absolute atomic E-state index is 0.354. The van der Waals surface area contributed by atoms with Gasteiger partial charge in [-0.3, -0.25) is 4.79 Å². The van der Waals surface area contributed by atoms with Gasteiger partial charge >= 0.3 is 6.18 Å². The molecule has 3 nitrogen and oxygen atoms in total. The molecule has 0 atom stereocenters. The van der Waals surface area contributed by atoms with Crippen LogP contribution in [-0.2, 0) is 4.79 Å². The molecule has 1 aliphatic carbocycles. The second-order valence-electron chi connectivity index (χ2n) is 4.05. The van der Waals surface area contributed by atoms with E-state index in [0.29, 0.717) is 25.7 Å². The van der Waals surface area contributed by atoms with Gasteiger partial charge in [-0.1, -0.05) is 19.3 Å². The van der Waals surface area contributed by atoms with Gasteiger partial charge in [-0.05, 0) is 12.8 Å². The molecule has 1 rings (SSSR count). The molecule has 0 bridgehead atoms. The highest BCUT2D eigenvalue weighted by Gasteiger charge is 2.41. The lowest BCUT2D eigenvalue weighted by Gasteiger charge is -2.29. The standard InChI is InChI=1S/C10H13F3N2O/c11-10(12,13)7-15-8(16)9(6-14)4-2-1-3-5-9/h1-5,7H2,(H,15,16). The maximum atomic E-state index is 11.9. The number of rotatable bonds is 2. The van der Waals surface area contributed by atoms with Crippen LogP contribution in [0.5, 0.6) is 0 Å². The van der Waals surface area contributed by atoms with Crippen molar-refractivity contribution in [1.29, 1.82) is 5.26 Å². The molecule has 90 valence electrons. The van der Waals surface area contributed by atoms with E-state index in [-0.39, 0.29) is 0 Å². The van der Waals surface area contributed by atoms with E-state index in [9.17, 15) is 18.0 Å². The summed E-state index contributed by atoms with van der Waals surface area (Å²) in [5, 5.41) is 10.7. The first-order valence-corrected chi connectivity index (χ1v) is 5.16. The van der Waals surface area contributed by atoms with Gasteiger partial charge in [0.1, 0.15) is 12.0 Å². The summed E-state index contributed by atoms with van der Waals surface area (Å²) in [6.45, 7) is -1.37. The molecule has 6 heteroatoms. The summed E-state index contributed by atoms with van der Waals surface area (Å²) in [6, 6.07) is 1.87. The van der Waals surface area contributed by atoms with E-state index in [0.717, 1.165) is 6.42 Å². The number of amides is 1. The highest BCUT2D eigenvalue weighted by molar-refractivity contribution is 5.85. The topological polar surface area (TPSA) is 52.9 Å². The van der Waals surface area contributed by atoms with Crippen molar-refractivity contribution in [2.45, 2.75) is 38.3 Å². The Bertz CT molecular complexity index is 300. The summed E-state index contributed by atoms with van der Waals surface area (Å²) in [4.78, 5) is 11.6. The van der Waals surface area contributed by atoms with Crippen molar-refractivity contribution >= 4 is 5.91 Å². The van der Waals surface area contributed by atoms with Crippen LogP contribution < -0.4 is 5.32 Å². The fourth-order valence-corrected chi connectivity index (χ4v) is 1.89. The van der Waals surface area contributed by atoms with Crippen LogP contribution in [0.1, 0.15) is 32.1 Å². The third-order valence-electron chi connectivity index (χ3n) is 2.81. The summed E-state index contributed by atoms with van der Waals surface area (Å²) in [6.07, 6.45) is -1.36. The molecular weight excluding hydrogens is 221 g/mol. The number of hydrogen-bond acceptors (Lipinski definition) is 2. The van der Waals surface area contributed by atoms with Gasteiger partial charge in [0.05, 0.1) is 6.07 Å². The fraction of sp³-hybridized carbons (Fsp3) is 0.800. The van der Waals surface area contributed by atoms with Gasteiger partial charge in [0.15, 0.2) is 0 Å². The molecule has 0 spiro atoms. The first kappa shape index (κ1) is 12.8. The molecule has 0 aromatic carbocycles. The van der Waals surface area contributed by atoms with Crippen LogP contribution in [0.4, 0.5) is 13.2 Å². The summed E-state index contributed by atoms with van der Waals surface area (Å²) in [5.41, 5.74) is -1.25. The maximum Gasteiger partial charge on any atom is 0.405 e. The first-order valence-electron chi connectivity index (χ1n) is 5.16. The Morgan fingerprint density at radius 1 is 1.31 bits per heavy atom. The molecular formula is C10H13F3N2O. The van der Waals surface area contributed by atoms with E-state index in [4.69, 9.17) is 5.26 Å². The molecule has 1 N–H and O–H groups in total. The Kier molecular flexibility index (Phi) is 3.79. The monoisotopic (exact) mass is 234 g/mol. The van der Waals surface area contributed by atoms with Crippen LogP contribution in [-0.4, -0.2) is 18.6 Å². The summed E-state index contributed by atoms with van der Waals surface area (Å²) in [5.74, 6) is -0.785. The minimum atomic E-state index is -4.43. The molecule has 0 radical (unpaired) electrons. The molecule has 0 saturated heterocycles. The molecule has 16 heavy (non-hydrogen) atoms. The number of alkyl halides is 3. The molecule has 0 heterocycles. The summed E-state index contributed by atoms with van der Waals surface area (Å²) < 4.78 is 35.7. The fourth-order valence-electron chi connectivity index (χ4n) is 1.89. The third-order valence-corrected chi connectivity index (χ3v) is 2.81. The number of nitrogens with one attached hydrogen (secondary N) is 1. The minimum Gasteiger partial charge on any atom is -0.346 e. The van der Waals surface area contributed by atoms with Crippen LogP contribution in [0.15, 0.2) is 0 Å². The van der Waals surface area contributed by atoms with Crippen molar-refractivity contribution in [3.63, 3.8) is 0 Å². The molecule has 1 amide bonds. The largest absolute Gasteiger partial charge is 0.405 e. The zero-order chi connectivity index (χ0) is 12.2. The number of nitrogens with zero attached hydrogens (tertiary/aromatic N) is 1. The van der Waals surface area contributed by atoms with Gasteiger partial charge in [-0.25, -0.2) is 0 Å². The highest BCUT2D eigenvalue weighted by Crippen LogP contribution is 2.35. The zero-order valence-corrected chi connectivity index (χ0v) is 8.73. The number of hydrogen-bond donors (Lipinski definition) is 1. The first-order chi connectivity index (χ1) is 7.40. The predicted molar refractivity (Wildman–Crippen MR) is 50.2 cm³/mol. The van der Waals surface area contributed by atoms with Crippen LogP contribution in [0.3, 0.4) is 0 Å². The Hall–Kier alpha value is -1.25. The van der Waals surface area contributed by atoms with Crippen LogP contribution in [0.25, 0.3) is 0 Å². The lowest BCUT2D eigenvalue weighted by molar-refractivity contribution is -0.143. The Balaban J connectivity index is 2.60. The number of carbonyl (C=O) groups excluding carboxylic acids is 1. The number of halogens is 3. The van der Waals surface area contributed by atoms with Crippen molar-refractivity contribution in [3.8, 4) is 6.07 Å². The summed E-state index contributed by atoms with van der Waals surface area (Å²) >= 11 is 0. The van der Waals surface area contributed by atoms with Crippen LogP contribution >= 0.6 is 0 Å². The van der Waals surface area contributed by atoms with Gasteiger partial charge in [-0.15, -0.1) is 0 Å². The van der Waals surface area contributed by atoms with Crippen molar-refractivity contribution in [2.75, 3.05) is 6.54 Å².